The number of benzene rings is 1. The molecule has 1 aromatic heterocycles. The van der Waals surface area contributed by atoms with Crippen molar-refractivity contribution in [1.82, 2.24) is 10.3 Å². The zero-order valence-corrected chi connectivity index (χ0v) is 17.9. The molecule has 8 nitrogen and oxygen atoms in total. The van der Waals surface area contributed by atoms with Crippen molar-refractivity contribution < 1.29 is 40.7 Å². The number of carbonyl (C=O) groups excluding carboxylic acids is 2. The predicted octanol–water partition coefficient (Wildman–Crippen LogP) is 0.0209. The monoisotopic (exact) mass is 475 g/mol. The number of aliphatic hydroxyl groups is 1. The second-order valence-electron chi connectivity index (χ2n) is 7.06. The van der Waals surface area contributed by atoms with Gasteiger partial charge in [-0.3, -0.25) is 14.6 Å². The fourth-order valence-electron chi connectivity index (χ4n) is 2.68. The summed E-state index contributed by atoms with van der Waals surface area (Å²) in [7, 11) is -2.07. The Morgan fingerprint density at radius 2 is 1.84 bits per heavy atom. The largest absolute Gasteiger partial charge is 0.417 e. The minimum atomic E-state index is -4.74. The number of hydrogen-bond acceptors (Lipinski definition) is 6. The lowest BCUT2D eigenvalue weighted by molar-refractivity contribution is -0.137. The molecule has 0 saturated heterocycles. The van der Waals surface area contributed by atoms with Gasteiger partial charge >= 0.3 is 6.18 Å². The number of amides is 2. The fraction of sp³-hybridized carbons (Fsp3) is 0.278. The van der Waals surface area contributed by atoms with Gasteiger partial charge in [0.2, 0.25) is 0 Å². The molecule has 0 radical (unpaired) electrons. The summed E-state index contributed by atoms with van der Waals surface area (Å²) in [4.78, 5) is 26.8. The Bertz CT molecular complexity index is 1170. The van der Waals surface area contributed by atoms with E-state index >= 15 is 0 Å². The third-order valence-corrected chi connectivity index (χ3v) is 6.30. The number of alkyl halides is 3. The minimum Gasteiger partial charge on any atom is -0.379 e. The standard InChI is InChI=1S/C18H18BF4N3O5S/c1-17(29,16(28)26-9-5-12(18(21,22)23)14(19)25-7-9)8-32(30,31)10-3-4-11(13(20)6-10)15(27)24-2/h3-7,29H,8,19H2,1-2H3,(H,24,27)(H,26,28). The molecule has 1 unspecified atom stereocenters. The molecule has 0 spiro atoms. The second-order valence-corrected chi connectivity index (χ2v) is 9.05. The van der Waals surface area contributed by atoms with Gasteiger partial charge in [-0.25, -0.2) is 12.8 Å². The van der Waals surface area contributed by atoms with Gasteiger partial charge in [0.1, 0.15) is 5.82 Å². The molecule has 1 heterocycles. The average molecular weight is 475 g/mol. The summed E-state index contributed by atoms with van der Waals surface area (Å²) in [5.74, 6) is -4.46. The third-order valence-electron chi connectivity index (χ3n) is 4.38. The lowest BCUT2D eigenvalue weighted by Crippen LogP contribution is -2.46. The number of nitrogens with one attached hydrogen (secondary N) is 2. The van der Waals surface area contributed by atoms with Crippen molar-refractivity contribution in [3.8, 4) is 0 Å². The van der Waals surface area contributed by atoms with E-state index in [-0.39, 0.29) is 5.59 Å². The molecule has 2 rings (SSSR count). The molecule has 0 saturated carbocycles. The quantitative estimate of drug-likeness (QED) is 0.400. The first-order chi connectivity index (χ1) is 14.6. The van der Waals surface area contributed by atoms with Crippen LogP contribution < -0.4 is 16.2 Å². The summed E-state index contributed by atoms with van der Waals surface area (Å²) in [5.41, 5.74) is -4.88. The van der Waals surface area contributed by atoms with Crippen molar-refractivity contribution in [1.29, 1.82) is 0 Å². The number of pyridine rings is 1. The second kappa shape index (κ2) is 8.86. The molecule has 2 amide bonds. The smallest absolute Gasteiger partial charge is 0.379 e. The van der Waals surface area contributed by atoms with Crippen LogP contribution in [0.1, 0.15) is 22.8 Å². The average Bonchev–Trinajstić information content (AvgIpc) is 2.67. The van der Waals surface area contributed by atoms with E-state index in [0.717, 1.165) is 33.1 Å². The Labute approximate surface area is 181 Å². The molecule has 3 N–H and O–H groups in total. The lowest BCUT2D eigenvalue weighted by Gasteiger charge is -2.22. The topological polar surface area (TPSA) is 125 Å². The van der Waals surface area contributed by atoms with Crippen LogP contribution in [0.4, 0.5) is 23.2 Å². The van der Waals surface area contributed by atoms with Gasteiger partial charge in [0, 0.05) is 18.8 Å². The van der Waals surface area contributed by atoms with Gasteiger partial charge in [-0.2, -0.15) is 13.2 Å². The summed E-state index contributed by atoms with van der Waals surface area (Å²) in [6.07, 6.45) is -3.82. The van der Waals surface area contributed by atoms with Crippen LogP contribution in [0.2, 0.25) is 0 Å². The highest BCUT2D eigenvalue weighted by Crippen LogP contribution is 2.29. The van der Waals surface area contributed by atoms with Gasteiger partial charge in [-0.15, -0.1) is 0 Å². The molecule has 1 aromatic carbocycles. The molecule has 0 aliphatic carbocycles. The van der Waals surface area contributed by atoms with E-state index < -0.39 is 66.7 Å². The maximum absolute atomic E-state index is 14.1. The van der Waals surface area contributed by atoms with E-state index in [1.54, 1.807) is 0 Å². The van der Waals surface area contributed by atoms with Crippen LogP contribution in [0.15, 0.2) is 35.4 Å². The van der Waals surface area contributed by atoms with Crippen LogP contribution in [0.25, 0.3) is 0 Å². The highest BCUT2D eigenvalue weighted by Gasteiger charge is 2.38. The normalized spacial score (nSPS) is 13.8. The summed E-state index contributed by atoms with van der Waals surface area (Å²) in [5, 5.41) is 14.6. The summed E-state index contributed by atoms with van der Waals surface area (Å²) >= 11 is 0. The first kappa shape index (κ1) is 25.3. The molecule has 172 valence electrons. The van der Waals surface area contributed by atoms with Gasteiger partial charge < -0.3 is 15.7 Å². The molecular weight excluding hydrogens is 457 g/mol. The minimum absolute atomic E-state index is 0.341. The third kappa shape index (κ3) is 5.62. The first-order valence-electron chi connectivity index (χ1n) is 8.90. The Hall–Kier alpha value is -3.00. The molecule has 2 aromatic rings. The number of sulfone groups is 1. The van der Waals surface area contributed by atoms with E-state index in [2.05, 4.69) is 10.3 Å². The molecule has 14 heteroatoms. The molecule has 0 aliphatic heterocycles. The van der Waals surface area contributed by atoms with E-state index in [9.17, 15) is 40.7 Å². The maximum atomic E-state index is 14.1. The zero-order chi connectivity index (χ0) is 24.5. The van der Waals surface area contributed by atoms with Crippen molar-refractivity contribution in [2.45, 2.75) is 23.6 Å². The van der Waals surface area contributed by atoms with Crippen LogP contribution >= 0.6 is 0 Å². The first-order valence-corrected chi connectivity index (χ1v) is 10.6. The SMILES string of the molecule is Bc1ncc(NC(=O)C(C)(O)CS(=O)(=O)c2ccc(C(=O)NC)c(F)c2)cc1C(F)(F)F. The molecule has 0 bridgehead atoms. The Balaban J connectivity index is 2.26. The summed E-state index contributed by atoms with van der Waals surface area (Å²) in [6, 6.07) is 3.01. The number of anilines is 1. The lowest BCUT2D eigenvalue weighted by atomic mass is 9.97. The molecule has 1 atom stereocenters. The number of nitrogens with zero attached hydrogens (tertiary/aromatic N) is 1. The van der Waals surface area contributed by atoms with Crippen molar-refractivity contribution >= 4 is 40.8 Å². The van der Waals surface area contributed by atoms with Crippen LogP contribution in [0.5, 0.6) is 0 Å². The van der Waals surface area contributed by atoms with E-state index in [0.29, 0.717) is 12.1 Å². The summed E-state index contributed by atoms with van der Waals surface area (Å²) < 4.78 is 78.3. The van der Waals surface area contributed by atoms with E-state index in [1.165, 1.54) is 7.05 Å². The van der Waals surface area contributed by atoms with Gasteiger partial charge in [0.25, 0.3) is 11.8 Å². The Morgan fingerprint density at radius 3 is 2.38 bits per heavy atom. The van der Waals surface area contributed by atoms with Gasteiger partial charge in [0.15, 0.2) is 23.3 Å². The Morgan fingerprint density at radius 1 is 1.22 bits per heavy atom. The Kier molecular flexibility index (Phi) is 7.00. The number of rotatable bonds is 6. The maximum Gasteiger partial charge on any atom is 0.417 e. The van der Waals surface area contributed by atoms with Crippen LogP contribution in [-0.2, 0) is 20.8 Å². The fourth-order valence-corrected chi connectivity index (χ4v) is 4.28. The van der Waals surface area contributed by atoms with Crippen molar-refractivity contribution in [3.63, 3.8) is 0 Å². The molecule has 0 aliphatic rings. The van der Waals surface area contributed by atoms with Crippen molar-refractivity contribution in [3.05, 3.63) is 47.4 Å². The van der Waals surface area contributed by atoms with Crippen LogP contribution in [0, 0.1) is 5.82 Å². The van der Waals surface area contributed by atoms with Gasteiger partial charge in [0.05, 0.1) is 27.5 Å². The molecular formula is C18H18BF4N3O5S. The number of carbonyl (C=O) groups is 2. The van der Waals surface area contributed by atoms with Gasteiger partial charge in [-0.05, 0) is 31.2 Å². The van der Waals surface area contributed by atoms with Crippen molar-refractivity contribution in [2.75, 3.05) is 18.1 Å². The highest BCUT2D eigenvalue weighted by molar-refractivity contribution is 7.91. The van der Waals surface area contributed by atoms with Crippen LogP contribution in [-0.4, -0.2) is 56.6 Å². The highest BCUT2D eigenvalue weighted by atomic mass is 32.2. The summed E-state index contributed by atoms with van der Waals surface area (Å²) in [6.45, 7) is 0.835. The van der Waals surface area contributed by atoms with E-state index in [4.69, 9.17) is 0 Å². The number of halogens is 4. The number of hydrogen-bond donors (Lipinski definition) is 3. The zero-order valence-electron chi connectivity index (χ0n) is 17.0. The van der Waals surface area contributed by atoms with E-state index in [1.807, 2.05) is 5.32 Å². The molecule has 32 heavy (non-hydrogen) atoms. The van der Waals surface area contributed by atoms with Gasteiger partial charge in [-0.1, -0.05) is 0 Å². The molecule has 0 fully saturated rings. The van der Waals surface area contributed by atoms with Crippen LogP contribution in [0.3, 0.4) is 0 Å². The predicted molar refractivity (Wildman–Crippen MR) is 109 cm³/mol. The number of aromatic nitrogens is 1. The van der Waals surface area contributed by atoms with Crippen molar-refractivity contribution in [2.24, 2.45) is 0 Å².